The lowest BCUT2D eigenvalue weighted by Gasteiger charge is -2.24. The second-order valence-electron chi connectivity index (χ2n) is 4.06. The number of ether oxygens (including phenoxy) is 1. The summed E-state index contributed by atoms with van der Waals surface area (Å²) in [6, 6.07) is 2.43. The average Bonchev–Trinajstić information content (AvgIpc) is 2.73. The lowest BCUT2D eigenvalue weighted by Crippen LogP contribution is -2.25. The van der Waals surface area contributed by atoms with Gasteiger partial charge >= 0.3 is 0 Å². The Hall–Kier alpha value is -0.800. The van der Waals surface area contributed by atoms with Crippen molar-refractivity contribution in [2.45, 2.75) is 32.7 Å². The van der Waals surface area contributed by atoms with Crippen molar-refractivity contribution < 1.29 is 4.74 Å². The maximum Gasteiger partial charge on any atom is 0.114 e. The molecule has 0 saturated carbocycles. The monoisotopic (exact) mass is 237 g/mol. The lowest BCUT2D eigenvalue weighted by molar-refractivity contribution is 0.168. The summed E-state index contributed by atoms with van der Waals surface area (Å²) < 4.78 is 5.78. The highest BCUT2D eigenvalue weighted by Gasteiger charge is 2.21. The first kappa shape index (κ1) is 11.7. The van der Waals surface area contributed by atoms with Crippen molar-refractivity contribution in [3.63, 3.8) is 0 Å². The van der Waals surface area contributed by atoms with Crippen LogP contribution in [0.1, 0.15) is 36.2 Å². The minimum Gasteiger partial charge on any atom is -0.496 e. The topological polar surface area (TPSA) is 21.3 Å². The summed E-state index contributed by atoms with van der Waals surface area (Å²) in [5.74, 6) is 1.11. The van der Waals surface area contributed by atoms with E-state index < -0.39 is 0 Å². The highest BCUT2D eigenvalue weighted by Crippen LogP contribution is 2.31. The molecular formula is C13H19NOS. The molecule has 0 amide bonds. The molecule has 1 unspecified atom stereocenters. The number of rotatable bonds is 4. The Morgan fingerprint density at radius 2 is 2.44 bits per heavy atom. The predicted molar refractivity (Wildman–Crippen MR) is 68.7 cm³/mol. The minimum absolute atomic E-state index is 0.255. The molecule has 2 nitrogen and oxygen atoms in total. The standard InChI is InChI=1S/C13H19NOS/c1-3-14-12(11-6-4-5-8-15-11)13-10(2)7-9-16-13/h6-7,9,12,14H,3-5,8H2,1-2H3. The summed E-state index contributed by atoms with van der Waals surface area (Å²) in [5.41, 5.74) is 1.35. The Morgan fingerprint density at radius 3 is 3.00 bits per heavy atom. The van der Waals surface area contributed by atoms with Crippen molar-refractivity contribution in [1.29, 1.82) is 0 Å². The molecule has 1 atom stereocenters. The predicted octanol–water partition coefficient (Wildman–Crippen LogP) is 3.40. The zero-order chi connectivity index (χ0) is 11.4. The number of allylic oxidation sites excluding steroid dienone is 1. The molecule has 1 aromatic heterocycles. The second kappa shape index (κ2) is 5.51. The number of hydrogen-bond acceptors (Lipinski definition) is 3. The van der Waals surface area contributed by atoms with Gasteiger partial charge in [0, 0.05) is 4.88 Å². The van der Waals surface area contributed by atoms with Crippen molar-refractivity contribution >= 4 is 11.3 Å². The first-order chi connectivity index (χ1) is 7.83. The molecule has 1 aromatic rings. The van der Waals surface area contributed by atoms with E-state index in [-0.39, 0.29) is 6.04 Å². The van der Waals surface area contributed by atoms with Crippen LogP contribution in [0.25, 0.3) is 0 Å². The smallest absolute Gasteiger partial charge is 0.114 e. The molecule has 0 radical (unpaired) electrons. The van der Waals surface area contributed by atoms with Crippen LogP contribution in [0.4, 0.5) is 0 Å². The summed E-state index contributed by atoms with van der Waals surface area (Å²) in [6.07, 6.45) is 4.52. The fourth-order valence-electron chi connectivity index (χ4n) is 1.98. The van der Waals surface area contributed by atoms with Gasteiger partial charge in [0.2, 0.25) is 0 Å². The minimum atomic E-state index is 0.255. The van der Waals surface area contributed by atoms with E-state index in [4.69, 9.17) is 4.74 Å². The van der Waals surface area contributed by atoms with Crippen LogP contribution >= 0.6 is 11.3 Å². The van der Waals surface area contributed by atoms with Crippen molar-refractivity contribution in [2.75, 3.05) is 13.2 Å². The number of likely N-dealkylation sites (N-methyl/N-ethyl adjacent to an activating group) is 1. The van der Waals surface area contributed by atoms with Crippen molar-refractivity contribution in [1.82, 2.24) is 5.32 Å². The number of thiophene rings is 1. The summed E-state index contributed by atoms with van der Waals surface area (Å²) in [7, 11) is 0. The average molecular weight is 237 g/mol. The van der Waals surface area contributed by atoms with Crippen LogP contribution in [-0.4, -0.2) is 13.2 Å². The highest BCUT2D eigenvalue weighted by molar-refractivity contribution is 7.10. The molecule has 88 valence electrons. The van der Waals surface area contributed by atoms with Gasteiger partial charge in [-0.2, -0.15) is 0 Å². The quantitative estimate of drug-likeness (QED) is 0.866. The van der Waals surface area contributed by atoms with Crippen LogP contribution in [0, 0.1) is 6.92 Å². The van der Waals surface area contributed by atoms with Gasteiger partial charge in [-0.3, -0.25) is 0 Å². The summed E-state index contributed by atoms with van der Waals surface area (Å²) >= 11 is 1.81. The lowest BCUT2D eigenvalue weighted by atomic mass is 10.1. The number of nitrogens with one attached hydrogen (secondary N) is 1. The van der Waals surface area contributed by atoms with Crippen molar-refractivity contribution in [3.8, 4) is 0 Å². The van der Waals surface area contributed by atoms with Gasteiger partial charge in [-0.1, -0.05) is 6.92 Å². The van der Waals surface area contributed by atoms with E-state index >= 15 is 0 Å². The van der Waals surface area contributed by atoms with Gasteiger partial charge in [-0.25, -0.2) is 0 Å². The number of hydrogen-bond donors (Lipinski definition) is 1. The zero-order valence-corrected chi connectivity index (χ0v) is 10.8. The fourth-order valence-corrected chi connectivity index (χ4v) is 2.99. The maximum absolute atomic E-state index is 5.78. The normalized spacial score (nSPS) is 17.8. The summed E-state index contributed by atoms with van der Waals surface area (Å²) in [5, 5.41) is 5.66. The largest absolute Gasteiger partial charge is 0.496 e. The van der Waals surface area contributed by atoms with Gasteiger partial charge in [0.15, 0.2) is 0 Å². The van der Waals surface area contributed by atoms with E-state index in [0.717, 1.165) is 31.8 Å². The van der Waals surface area contributed by atoms with Crippen LogP contribution in [0.3, 0.4) is 0 Å². The molecule has 0 bridgehead atoms. The van der Waals surface area contributed by atoms with E-state index in [1.165, 1.54) is 10.4 Å². The molecule has 2 heterocycles. The Morgan fingerprint density at radius 1 is 1.56 bits per heavy atom. The van der Waals surface area contributed by atoms with Crippen molar-refractivity contribution in [3.05, 3.63) is 33.7 Å². The van der Waals surface area contributed by atoms with E-state index in [1.54, 1.807) is 0 Å². The van der Waals surface area contributed by atoms with Crippen LogP contribution in [0.5, 0.6) is 0 Å². The van der Waals surface area contributed by atoms with E-state index in [1.807, 2.05) is 11.3 Å². The Kier molecular flexibility index (Phi) is 4.02. The molecule has 1 N–H and O–H groups in total. The van der Waals surface area contributed by atoms with E-state index in [2.05, 4.69) is 36.7 Å². The molecule has 1 aliphatic rings. The van der Waals surface area contributed by atoms with Gasteiger partial charge < -0.3 is 10.1 Å². The maximum atomic E-state index is 5.78. The molecule has 1 aliphatic heterocycles. The molecule has 0 spiro atoms. The third-order valence-electron chi connectivity index (χ3n) is 2.82. The van der Waals surface area contributed by atoms with Crippen LogP contribution in [-0.2, 0) is 4.74 Å². The van der Waals surface area contributed by atoms with Crippen LogP contribution in [0.15, 0.2) is 23.3 Å². The van der Waals surface area contributed by atoms with Crippen LogP contribution < -0.4 is 5.32 Å². The first-order valence-corrected chi connectivity index (χ1v) is 6.81. The summed E-state index contributed by atoms with van der Waals surface area (Å²) in [4.78, 5) is 1.38. The zero-order valence-electron chi connectivity index (χ0n) is 9.95. The second-order valence-corrected chi connectivity index (χ2v) is 5.00. The molecule has 16 heavy (non-hydrogen) atoms. The van der Waals surface area contributed by atoms with Crippen LogP contribution in [0.2, 0.25) is 0 Å². The van der Waals surface area contributed by atoms with Gasteiger partial charge in [0.25, 0.3) is 0 Å². The van der Waals surface area contributed by atoms with E-state index in [0.29, 0.717) is 0 Å². The summed E-state index contributed by atoms with van der Waals surface area (Å²) in [6.45, 7) is 6.12. The molecule has 0 saturated heterocycles. The Balaban J connectivity index is 2.23. The third kappa shape index (κ3) is 2.47. The SMILES string of the molecule is CCNC(C1=CCCCO1)c1sccc1C. The molecule has 0 aliphatic carbocycles. The third-order valence-corrected chi connectivity index (χ3v) is 3.90. The van der Waals surface area contributed by atoms with Gasteiger partial charge in [0.05, 0.1) is 12.6 Å². The first-order valence-electron chi connectivity index (χ1n) is 5.93. The Labute approximate surface area is 101 Å². The van der Waals surface area contributed by atoms with Gasteiger partial charge in [-0.05, 0) is 49.4 Å². The molecule has 3 heteroatoms. The molecular weight excluding hydrogens is 218 g/mol. The molecule has 0 fully saturated rings. The van der Waals surface area contributed by atoms with Crippen molar-refractivity contribution in [2.24, 2.45) is 0 Å². The van der Waals surface area contributed by atoms with E-state index in [9.17, 15) is 0 Å². The Bertz CT molecular complexity index is 370. The van der Waals surface area contributed by atoms with Gasteiger partial charge in [-0.15, -0.1) is 11.3 Å². The molecule has 0 aromatic carbocycles. The van der Waals surface area contributed by atoms with Gasteiger partial charge in [0.1, 0.15) is 5.76 Å². The number of aryl methyl sites for hydroxylation is 1. The highest BCUT2D eigenvalue weighted by atomic mass is 32.1. The molecule has 2 rings (SSSR count). The fraction of sp³-hybridized carbons (Fsp3) is 0.538.